The predicted molar refractivity (Wildman–Crippen MR) is 120 cm³/mol. The highest BCUT2D eigenvalue weighted by atomic mass is 32.1. The van der Waals surface area contributed by atoms with Crippen molar-refractivity contribution in [1.82, 2.24) is 15.1 Å². The van der Waals surface area contributed by atoms with Gasteiger partial charge in [-0.15, -0.1) is 10.2 Å². The van der Waals surface area contributed by atoms with Crippen LogP contribution in [-0.2, 0) is 19.6 Å². The Morgan fingerprint density at radius 3 is 1.97 bits per heavy atom. The highest BCUT2D eigenvalue weighted by Gasteiger charge is 2.16. The van der Waals surface area contributed by atoms with Crippen LogP contribution in [0.1, 0.15) is 25.9 Å². The molecule has 0 fully saturated rings. The number of carbonyl (C=O) groups is 1. The molecule has 156 valence electrons. The Hall–Kier alpha value is -3.42. The summed E-state index contributed by atoms with van der Waals surface area (Å²) in [7, 11) is 0. The molecule has 0 spiro atoms. The lowest BCUT2D eigenvalue weighted by molar-refractivity contribution is 0.102. The van der Waals surface area contributed by atoms with Crippen LogP contribution in [0.2, 0.25) is 0 Å². The number of aromatic nitrogens is 2. The largest absolute Gasteiger partial charge is 0.320 e. The van der Waals surface area contributed by atoms with E-state index in [1.54, 1.807) is 0 Å². The molecule has 1 amide bonds. The normalized spacial score (nSPS) is 10.9. The van der Waals surface area contributed by atoms with Gasteiger partial charge in [-0.1, -0.05) is 72.0 Å². The molecule has 31 heavy (non-hydrogen) atoms. The first-order valence-electron chi connectivity index (χ1n) is 9.85. The number of hydrogen-bond acceptors (Lipinski definition) is 5. The van der Waals surface area contributed by atoms with E-state index in [1.807, 2.05) is 36.4 Å². The summed E-state index contributed by atoms with van der Waals surface area (Å²) in [6.07, 6.45) is 0. The number of nitrogens with zero attached hydrogens (tertiary/aromatic N) is 3. The van der Waals surface area contributed by atoms with Crippen LogP contribution in [0.4, 0.5) is 10.1 Å². The molecule has 5 nitrogen and oxygen atoms in total. The third-order valence-electron chi connectivity index (χ3n) is 4.62. The molecule has 0 aliphatic carbocycles. The highest BCUT2D eigenvalue weighted by molar-refractivity contribution is 7.13. The number of anilines is 1. The van der Waals surface area contributed by atoms with Gasteiger partial charge in [0.1, 0.15) is 10.8 Å². The van der Waals surface area contributed by atoms with E-state index in [0.717, 1.165) is 18.1 Å². The second-order valence-electron chi connectivity index (χ2n) is 7.08. The topological polar surface area (TPSA) is 58.1 Å². The summed E-state index contributed by atoms with van der Waals surface area (Å²) >= 11 is 1.26. The SMILES string of the molecule is O=C(Nc1ccc(F)cc1)c1nnc(CN(Cc2ccccc2)Cc2ccccc2)s1. The minimum absolute atomic E-state index is 0.277. The van der Waals surface area contributed by atoms with E-state index in [0.29, 0.717) is 12.2 Å². The van der Waals surface area contributed by atoms with Crippen LogP contribution in [0, 0.1) is 5.82 Å². The lowest BCUT2D eigenvalue weighted by atomic mass is 10.1. The Kier molecular flexibility index (Phi) is 6.76. The van der Waals surface area contributed by atoms with E-state index in [1.165, 1.54) is 46.7 Å². The zero-order valence-corrected chi connectivity index (χ0v) is 17.6. The molecule has 0 saturated carbocycles. The molecule has 0 unspecified atom stereocenters. The molecule has 7 heteroatoms. The van der Waals surface area contributed by atoms with E-state index in [2.05, 4.69) is 44.7 Å². The van der Waals surface area contributed by atoms with E-state index in [-0.39, 0.29) is 16.7 Å². The predicted octanol–water partition coefficient (Wildman–Crippen LogP) is 5.13. The van der Waals surface area contributed by atoms with Crippen molar-refractivity contribution in [2.75, 3.05) is 5.32 Å². The average molecular weight is 433 g/mol. The van der Waals surface area contributed by atoms with Gasteiger partial charge in [-0.25, -0.2) is 4.39 Å². The van der Waals surface area contributed by atoms with E-state index >= 15 is 0 Å². The minimum atomic E-state index is -0.354. The number of benzene rings is 3. The molecule has 4 rings (SSSR count). The molecule has 3 aromatic carbocycles. The summed E-state index contributed by atoms with van der Waals surface area (Å²) in [5.74, 6) is -0.707. The van der Waals surface area contributed by atoms with Crippen molar-refractivity contribution < 1.29 is 9.18 Å². The van der Waals surface area contributed by atoms with Gasteiger partial charge in [0, 0.05) is 18.8 Å². The summed E-state index contributed by atoms with van der Waals surface area (Å²) in [6.45, 7) is 2.09. The molecule has 1 aromatic heterocycles. The molecule has 1 heterocycles. The molecule has 0 aliphatic rings. The molecule has 4 aromatic rings. The lowest BCUT2D eigenvalue weighted by Crippen LogP contribution is -2.22. The van der Waals surface area contributed by atoms with E-state index in [4.69, 9.17) is 0 Å². The number of rotatable bonds is 8. The highest BCUT2D eigenvalue weighted by Crippen LogP contribution is 2.18. The van der Waals surface area contributed by atoms with Crippen LogP contribution >= 0.6 is 11.3 Å². The monoisotopic (exact) mass is 432 g/mol. The minimum Gasteiger partial charge on any atom is -0.320 e. The Balaban J connectivity index is 1.45. The van der Waals surface area contributed by atoms with Crippen LogP contribution < -0.4 is 5.32 Å². The standard InChI is InChI=1S/C24H21FN4OS/c25-20-11-13-21(14-12-20)26-23(30)24-28-27-22(31-24)17-29(15-18-7-3-1-4-8-18)16-19-9-5-2-6-10-19/h1-14H,15-17H2,(H,26,30). The number of nitrogens with one attached hydrogen (secondary N) is 1. The Morgan fingerprint density at radius 1 is 0.806 bits per heavy atom. The van der Waals surface area contributed by atoms with Crippen LogP contribution in [0.25, 0.3) is 0 Å². The van der Waals surface area contributed by atoms with Gasteiger partial charge in [-0.3, -0.25) is 9.69 Å². The molecular weight excluding hydrogens is 411 g/mol. The van der Waals surface area contributed by atoms with Crippen molar-refractivity contribution in [2.24, 2.45) is 0 Å². The third-order valence-corrected chi connectivity index (χ3v) is 5.53. The third kappa shape index (κ3) is 6.04. The lowest BCUT2D eigenvalue weighted by Gasteiger charge is -2.21. The van der Waals surface area contributed by atoms with Gasteiger partial charge in [0.25, 0.3) is 5.91 Å². The summed E-state index contributed by atoms with van der Waals surface area (Å²) < 4.78 is 13.0. The van der Waals surface area contributed by atoms with E-state index in [9.17, 15) is 9.18 Å². The van der Waals surface area contributed by atoms with Gasteiger partial charge in [-0.05, 0) is 35.4 Å². The van der Waals surface area contributed by atoms with Gasteiger partial charge in [0.05, 0.1) is 6.54 Å². The van der Waals surface area contributed by atoms with Gasteiger partial charge in [0.2, 0.25) is 5.01 Å². The fraction of sp³-hybridized carbons (Fsp3) is 0.125. The summed E-state index contributed by atoms with van der Waals surface area (Å²) in [6, 6.07) is 26.1. The maximum atomic E-state index is 13.0. The number of amides is 1. The summed E-state index contributed by atoms with van der Waals surface area (Å²) in [5, 5.41) is 12.0. The molecule has 0 radical (unpaired) electrons. The quantitative estimate of drug-likeness (QED) is 0.419. The molecule has 0 atom stereocenters. The average Bonchev–Trinajstić information content (AvgIpc) is 3.25. The van der Waals surface area contributed by atoms with Gasteiger partial charge in [-0.2, -0.15) is 0 Å². The fourth-order valence-electron chi connectivity index (χ4n) is 3.17. The fourth-order valence-corrected chi connectivity index (χ4v) is 3.95. The number of halogens is 1. The Bertz CT molecular complexity index is 1080. The molecule has 0 bridgehead atoms. The molecular formula is C24H21FN4OS. The maximum Gasteiger partial charge on any atom is 0.286 e. The van der Waals surface area contributed by atoms with Crippen LogP contribution in [-0.4, -0.2) is 21.0 Å². The maximum absolute atomic E-state index is 13.0. The smallest absolute Gasteiger partial charge is 0.286 e. The van der Waals surface area contributed by atoms with Crippen molar-refractivity contribution in [3.05, 3.63) is 112 Å². The van der Waals surface area contributed by atoms with Crippen molar-refractivity contribution in [3.63, 3.8) is 0 Å². The van der Waals surface area contributed by atoms with Gasteiger partial charge >= 0.3 is 0 Å². The van der Waals surface area contributed by atoms with Crippen molar-refractivity contribution in [2.45, 2.75) is 19.6 Å². The first-order chi connectivity index (χ1) is 15.2. The number of carbonyl (C=O) groups excluding carboxylic acids is 1. The zero-order valence-electron chi connectivity index (χ0n) is 16.7. The first-order valence-corrected chi connectivity index (χ1v) is 10.7. The van der Waals surface area contributed by atoms with Gasteiger partial charge in [0.15, 0.2) is 0 Å². The second-order valence-corrected chi connectivity index (χ2v) is 8.14. The molecule has 0 aliphatic heterocycles. The zero-order chi connectivity index (χ0) is 21.5. The van der Waals surface area contributed by atoms with Crippen molar-refractivity contribution in [3.8, 4) is 0 Å². The molecule has 1 N–H and O–H groups in total. The van der Waals surface area contributed by atoms with E-state index < -0.39 is 0 Å². The number of hydrogen-bond donors (Lipinski definition) is 1. The van der Waals surface area contributed by atoms with Gasteiger partial charge < -0.3 is 5.32 Å². The summed E-state index contributed by atoms with van der Waals surface area (Å²) in [4.78, 5) is 14.7. The second kappa shape index (κ2) is 10.1. The van der Waals surface area contributed by atoms with Crippen LogP contribution in [0.3, 0.4) is 0 Å². The van der Waals surface area contributed by atoms with Crippen molar-refractivity contribution in [1.29, 1.82) is 0 Å². The van der Waals surface area contributed by atoms with Crippen LogP contribution in [0.15, 0.2) is 84.9 Å². The first kappa shape index (κ1) is 20.8. The summed E-state index contributed by atoms with van der Waals surface area (Å²) in [5.41, 5.74) is 2.92. The Labute approximate surface area is 184 Å². The van der Waals surface area contributed by atoms with Crippen LogP contribution in [0.5, 0.6) is 0 Å². The Morgan fingerprint density at radius 2 is 1.39 bits per heavy atom. The van der Waals surface area contributed by atoms with Crippen molar-refractivity contribution >= 4 is 22.9 Å². The molecule has 0 saturated heterocycles.